The van der Waals surface area contributed by atoms with E-state index in [0.717, 1.165) is 50.4 Å². The zero-order valence-corrected chi connectivity index (χ0v) is 14.5. The maximum Gasteiger partial charge on any atom is 0.274 e. The van der Waals surface area contributed by atoms with Crippen LogP contribution < -0.4 is 0 Å². The summed E-state index contributed by atoms with van der Waals surface area (Å²) in [7, 11) is 0. The average Bonchev–Trinajstić information content (AvgIpc) is 3.11. The lowest BCUT2D eigenvalue weighted by atomic mass is 9.90. The van der Waals surface area contributed by atoms with Crippen molar-refractivity contribution in [1.82, 2.24) is 24.9 Å². The largest absolute Gasteiger partial charge is 0.360 e. The van der Waals surface area contributed by atoms with Crippen LogP contribution in [0.3, 0.4) is 0 Å². The summed E-state index contributed by atoms with van der Waals surface area (Å²) in [6.07, 6.45) is 7.44. The first-order chi connectivity index (χ1) is 12.3. The van der Waals surface area contributed by atoms with Crippen molar-refractivity contribution >= 4 is 5.91 Å². The fraction of sp³-hybridized carbons (Fsp3) is 0.556. The Morgan fingerprint density at radius 2 is 2.12 bits per heavy atom. The third kappa shape index (κ3) is 3.16. The van der Waals surface area contributed by atoms with Crippen molar-refractivity contribution in [1.29, 1.82) is 0 Å². The Morgan fingerprint density at radius 1 is 1.28 bits per heavy atom. The SMILES string of the molecule is CCN1CCc2noc(C3CCN(C(=O)c4cnccn4)CC3)c2C1. The van der Waals surface area contributed by atoms with Crippen molar-refractivity contribution in [3.63, 3.8) is 0 Å². The molecule has 0 saturated carbocycles. The Labute approximate surface area is 147 Å². The van der Waals surface area contributed by atoms with Crippen molar-refractivity contribution in [3.05, 3.63) is 41.3 Å². The van der Waals surface area contributed by atoms with Gasteiger partial charge >= 0.3 is 0 Å². The molecule has 0 radical (unpaired) electrons. The average molecular weight is 341 g/mol. The molecule has 4 heterocycles. The van der Waals surface area contributed by atoms with Crippen LogP contribution in [-0.4, -0.2) is 57.0 Å². The number of nitrogens with zero attached hydrogens (tertiary/aromatic N) is 5. The van der Waals surface area contributed by atoms with Crippen LogP contribution in [0.1, 0.15) is 53.2 Å². The van der Waals surface area contributed by atoms with Crippen LogP contribution in [0.25, 0.3) is 0 Å². The molecule has 7 nitrogen and oxygen atoms in total. The maximum absolute atomic E-state index is 12.5. The van der Waals surface area contributed by atoms with E-state index >= 15 is 0 Å². The van der Waals surface area contributed by atoms with Crippen molar-refractivity contribution in [2.45, 2.75) is 38.6 Å². The Hall–Kier alpha value is -2.28. The van der Waals surface area contributed by atoms with E-state index in [-0.39, 0.29) is 5.91 Å². The van der Waals surface area contributed by atoms with E-state index in [9.17, 15) is 4.79 Å². The van der Waals surface area contributed by atoms with Crippen LogP contribution in [0, 0.1) is 0 Å². The van der Waals surface area contributed by atoms with E-state index in [4.69, 9.17) is 4.52 Å². The molecule has 0 aromatic carbocycles. The minimum absolute atomic E-state index is 0.0386. The molecular weight excluding hydrogens is 318 g/mol. The van der Waals surface area contributed by atoms with E-state index in [1.807, 2.05) is 4.90 Å². The summed E-state index contributed by atoms with van der Waals surface area (Å²) in [5.74, 6) is 1.35. The Kier molecular flexibility index (Phi) is 4.48. The molecule has 0 unspecified atom stereocenters. The highest BCUT2D eigenvalue weighted by Crippen LogP contribution is 2.34. The number of aromatic nitrogens is 3. The van der Waals surface area contributed by atoms with Crippen LogP contribution in [0.5, 0.6) is 0 Å². The van der Waals surface area contributed by atoms with Crippen molar-refractivity contribution in [3.8, 4) is 0 Å². The second kappa shape index (κ2) is 6.92. The summed E-state index contributed by atoms with van der Waals surface area (Å²) in [5, 5.41) is 4.30. The molecule has 1 saturated heterocycles. The van der Waals surface area contributed by atoms with E-state index in [2.05, 4.69) is 26.9 Å². The molecular formula is C18H23N5O2. The third-order valence-corrected chi connectivity index (χ3v) is 5.33. The van der Waals surface area contributed by atoms with E-state index in [1.54, 1.807) is 12.4 Å². The minimum atomic E-state index is -0.0386. The molecule has 1 amide bonds. The highest BCUT2D eigenvalue weighted by Gasteiger charge is 2.32. The van der Waals surface area contributed by atoms with Gasteiger partial charge in [-0.15, -0.1) is 0 Å². The molecule has 2 aromatic rings. The number of hydrogen-bond donors (Lipinski definition) is 0. The number of piperidine rings is 1. The van der Waals surface area contributed by atoms with Crippen LogP contribution in [0.4, 0.5) is 0 Å². The number of amides is 1. The van der Waals surface area contributed by atoms with Gasteiger partial charge in [0.25, 0.3) is 5.91 Å². The van der Waals surface area contributed by atoms with Gasteiger partial charge in [-0.3, -0.25) is 14.7 Å². The molecule has 25 heavy (non-hydrogen) atoms. The van der Waals surface area contributed by atoms with Crippen LogP contribution in [0.2, 0.25) is 0 Å². The fourth-order valence-corrected chi connectivity index (χ4v) is 3.80. The standard InChI is InChI=1S/C18H23N5O2/c1-2-22-8-5-15-14(12-22)17(25-21-15)13-3-9-23(10-4-13)18(24)16-11-19-6-7-20-16/h6-7,11,13H,2-5,8-10,12H2,1H3. The van der Waals surface area contributed by atoms with Gasteiger partial charge in [-0.1, -0.05) is 12.1 Å². The lowest BCUT2D eigenvalue weighted by Crippen LogP contribution is -2.38. The summed E-state index contributed by atoms with van der Waals surface area (Å²) < 4.78 is 5.73. The van der Waals surface area contributed by atoms with Crippen molar-refractivity contribution in [2.24, 2.45) is 0 Å². The van der Waals surface area contributed by atoms with E-state index in [0.29, 0.717) is 24.7 Å². The molecule has 4 rings (SSSR count). The zero-order valence-electron chi connectivity index (χ0n) is 14.5. The highest BCUT2D eigenvalue weighted by molar-refractivity contribution is 5.92. The first-order valence-electron chi connectivity index (χ1n) is 9.01. The van der Waals surface area contributed by atoms with Gasteiger partial charge in [-0.2, -0.15) is 0 Å². The summed E-state index contributed by atoms with van der Waals surface area (Å²) >= 11 is 0. The van der Waals surface area contributed by atoms with Crippen LogP contribution >= 0.6 is 0 Å². The molecule has 2 aromatic heterocycles. The molecule has 0 spiro atoms. The lowest BCUT2D eigenvalue weighted by molar-refractivity contribution is 0.0699. The summed E-state index contributed by atoms with van der Waals surface area (Å²) in [6, 6.07) is 0. The van der Waals surface area contributed by atoms with Gasteiger partial charge in [-0.05, 0) is 19.4 Å². The number of fused-ring (bicyclic) bond motifs is 1. The Bertz CT molecular complexity index is 737. The van der Waals surface area contributed by atoms with Gasteiger partial charge in [0.2, 0.25) is 0 Å². The molecule has 0 aliphatic carbocycles. The lowest BCUT2D eigenvalue weighted by Gasteiger charge is -2.32. The highest BCUT2D eigenvalue weighted by atomic mass is 16.5. The summed E-state index contributed by atoms with van der Waals surface area (Å²) in [6.45, 7) is 6.66. The molecule has 2 aliphatic rings. The number of carbonyl (C=O) groups is 1. The predicted octanol–water partition coefficient (Wildman–Crippen LogP) is 1.86. The van der Waals surface area contributed by atoms with Crippen LogP contribution in [-0.2, 0) is 13.0 Å². The second-order valence-electron chi connectivity index (χ2n) is 6.75. The van der Waals surface area contributed by atoms with E-state index in [1.165, 1.54) is 11.8 Å². The van der Waals surface area contributed by atoms with Gasteiger partial charge in [0.15, 0.2) is 0 Å². The summed E-state index contributed by atoms with van der Waals surface area (Å²) in [5.41, 5.74) is 2.82. The topological polar surface area (TPSA) is 75.4 Å². The maximum atomic E-state index is 12.5. The molecule has 2 aliphatic heterocycles. The minimum Gasteiger partial charge on any atom is -0.360 e. The first kappa shape index (κ1) is 16.2. The molecule has 0 N–H and O–H groups in total. The predicted molar refractivity (Wildman–Crippen MR) is 91.1 cm³/mol. The summed E-state index contributed by atoms with van der Waals surface area (Å²) in [4.78, 5) is 24.9. The quantitative estimate of drug-likeness (QED) is 0.848. The van der Waals surface area contributed by atoms with Crippen molar-refractivity contribution < 1.29 is 9.32 Å². The molecule has 0 bridgehead atoms. The zero-order chi connectivity index (χ0) is 17.2. The fourth-order valence-electron chi connectivity index (χ4n) is 3.80. The van der Waals surface area contributed by atoms with Gasteiger partial charge in [0.05, 0.1) is 11.9 Å². The molecule has 1 fully saturated rings. The van der Waals surface area contributed by atoms with Gasteiger partial charge in [0.1, 0.15) is 11.5 Å². The number of likely N-dealkylation sites (tertiary alicyclic amines) is 1. The number of likely N-dealkylation sites (N-methyl/N-ethyl adjacent to an activating group) is 1. The van der Waals surface area contributed by atoms with E-state index < -0.39 is 0 Å². The molecule has 132 valence electrons. The number of rotatable bonds is 3. The number of hydrogen-bond acceptors (Lipinski definition) is 6. The Balaban J connectivity index is 1.43. The monoisotopic (exact) mass is 341 g/mol. The second-order valence-corrected chi connectivity index (χ2v) is 6.75. The Morgan fingerprint density at radius 3 is 2.84 bits per heavy atom. The van der Waals surface area contributed by atoms with Gasteiger partial charge in [-0.25, -0.2) is 4.98 Å². The molecule has 7 heteroatoms. The van der Waals surface area contributed by atoms with Crippen molar-refractivity contribution in [2.75, 3.05) is 26.2 Å². The third-order valence-electron chi connectivity index (χ3n) is 5.33. The normalized spacial score (nSPS) is 19.0. The van der Waals surface area contributed by atoms with Crippen LogP contribution in [0.15, 0.2) is 23.1 Å². The first-order valence-corrected chi connectivity index (χ1v) is 9.01. The molecule has 0 atom stereocenters. The smallest absolute Gasteiger partial charge is 0.274 e. The van der Waals surface area contributed by atoms with Gasteiger partial charge in [0, 0.05) is 56.5 Å². The number of carbonyl (C=O) groups excluding carboxylic acids is 1. The van der Waals surface area contributed by atoms with Gasteiger partial charge < -0.3 is 9.42 Å².